The third-order valence-electron chi connectivity index (χ3n) is 3.24. The van der Waals surface area contributed by atoms with Gasteiger partial charge in [-0.1, -0.05) is 6.92 Å². The summed E-state index contributed by atoms with van der Waals surface area (Å²) in [7, 11) is 3.31. The van der Waals surface area contributed by atoms with E-state index in [1.54, 1.807) is 20.5 Å². The van der Waals surface area contributed by atoms with E-state index in [1.807, 2.05) is 24.3 Å². The zero-order chi connectivity index (χ0) is 15.2. The molecule has 0 bridgehead atoms. The summed E-state index contributed by atoms with van der Waals surface area (Å²) in [5.41, 5.74) is 0.987. The molecule has 1 N–H and O–H groups in total. The SMILES string of the molecule is CCCNC(c1ccco1)c1cc(OC)c(Br)cc1OC. The lowest BCUT2D eigenvalue weighted by molar-refractivity contribution is 0.383. The lowest BCUT2D eigenvalue weighted by Crippen LogP contribution is -2.23. The van der Waals surface area contributed by atoms with E-state index in [9.17, 15) is 0 Å². The van der Waals surface area contributed by atoms with Gasteiger partial charge in [-0.2, -0.15) is 0 Å². The van der Waals surface area contributed by atoms with E-state index in [0.717, 1.165) is 40.3 Å². The molecule has 0 radical (unpaired) electrons. The Morgan fingerprint density at radius 2 is 2.00 bits per heavy atom. The van der Waals surface area contributed by atoms with Crippen LogP contribution in [-0.4, -0.2) is 20.8 Å². The van der Waals surface area contributed by atoms with E-state index < -0.39 is 0 Å². The number of nitrogens with one attached hydrogen (secondary N) is 1. The molecule has 0 saturated carbocycles. The van der Waals surface area contributed by atoms with Crippen LogP contribution in [0, 0.1) is 0 Å². The van der Waals surface area contributed by atoms with Gasteiger partial charge in [0.1, 0.15) is 17.3 Å². The van der Waals surface area contributed by atoms with Crippen molar-refractivity contribution >= 4 is 15.9 Å². The molecule has 2 aromatic rings. The van der Waals surface area contributed by atoms with Crippen molar-refractivity contribution in [2.75, 3.05) is 20.8 Å². The Morgan fingerprint density at radius 1 is 1.24 bits per heavy atom. The van der Waals surface area contributed by atoms with Crippen LogP contribution in [0.15, 0.2) is 39.4 Å². The number of rotatable bonds is 7. The van der Waals surface area contributed by atoms with Gasteiger partial charge in [-0.3, -0.25) is 0 Å². The van der Waals surface area contributed by atoms with Gasteiger partial charge in [-0.05, 0) is 53.2 Å². The lowest BCUT2D eigenvalue weighted by Gasteiger charge is -2.20. The molecule has 114 valence electrons. The molecule has 0 saturated heterocycles. The van der Waals surface area contributed by atoms with Gasteiger partial charge in [-0.25, -0.2) is 0 Å². The molecule has 1 aromatic heterocycles. The van der Waals surface area contributed by atoms with Crippen molar-refractivity contribution in [2.24, 2.45) is 0 Å². The third kappa shape index (κ3) is 3.60. The highest BCUT2D eigenvalue weighted by atomic mass is 79.9. The molecular weight excluding hydrogens is 334 g/mol. The van der Waals surface area contributed by atoms with Gasteiger partial charge in [0.05, 0.1) is 31.0 Å². The van der Waals surface area contributed by atoms with Crippen molar-refractivity contribution in [3.63, 3.8) is 0 Å². The van der Waals surface area contributed by atoms with Crippen LogP contribution >= 0.6 is 15.9 Å². The fourth-order valence-corrected chi connectivity index (χ4v) is 2.70. The third-order valence-corrected chi connectivity index (χ3v) is 3.86. The molecule has 0 aliphatic carbocycles. The van der Waals surface area contributed by atoms with Crippen molar-refractivity contribution in [3.05, 3.63) is 46.3 Å². The number of hydrogen-bond acceptors (Lipinski definition) is 4. The second kappa shape index (κ2) is 7.52. The summed E-state index contributed by atoms with van der Waals surface area (Å²) in [5.74, 6) is 2.40. The molecule has 1 heterocycles. The zero-order valence-corrected chi connectivity index (χ0v) is 14.1. The Bertz CT molecular complexity index is 569. The summed E-state index contributed by atoms with van der Waals surface area (Å²) in [4.78, 5) is 0. The van der Waals surface area contributed by atoms with Crippen LogP contribution in [0.25, 0.3) is 0 Å². The van der Waals surface area contributed by atoms with Crippen molar-refractivity contribution in [1.29, 1.82) is 0 Å². The second-order valence-corrected chi connectivity index (χ2v) is 5.49. The van der Waals surface area contributed by atoms with Crippen molar-refractivity contribution in [2.45, 2.75) is 19.4 Å². The summed E-state index contributed by atoms with van der Waals surface area (Å²) in [5, 5.41) is 3.49. The number of benzene rings is 1. The summed E-state index contributed by atoms with van der Waals surface area (Å²) in [6.45, 7) is 3.01. The summed E-state index contributed by atoms with van der Waals surface area (Å²) in [6, 6.07) is 7.66. The Hall–Kier alpha value is -1.46. The van der Waals surface area contributed by atoms with Crippen LogP contribution in [0.4, 0.5) is 0 Å². The number of hydrogen-bond donors (Lipinski definition) is 1. The van der Waals surface area contributed by atoms with Crippen LogP contribution in [0.5, 0.6) is 11.5 Å². The summed E-state index contributed by atoms with van der Waals surface area (Å²) in [6.07, 6.45) is 2.71. The average Bonchev–Trinajstić information content (AvgIpc) is 3.02. The van der Waals surface area contributed by atoms with Gasteiger partial charge in [0.15, 0.2) is 0 Å². The molecule has 1 atom stereocenters. The first-order valence-electron chi connectivity index (χ1n) is 6.89. The quantitative estimate of drug-likeness (QED) is 0.811. The normalized spacial score (nSPS) is 12.2. The average molecular weight is 354 g/mol. The lowest BCUT2D eigenvalue weighted by atomic mass is 10.0. The molecule has 2 rings (SSSR count). The van der Waals surface area contributed by atoms with Crippen molar-refractivity contribution in [3.8, 4) is 11.5 Å². The van der Waals surface area contributed by atoms with Crippen molar-refractivity contribution < 1.29 is 13.9 Å². The molecule has 0 fully saturated rings. The van der Waals surface area contributed by atoms with E-state index in [4.69, 9.17) is 13.9 Å². The number of ether oxygens (including phenoxy) is 2. The topological polar surface area (TPSA) is 43.6 Å². The fraction of sp³-hybridized carbons (Fsp3) is 0.375. The minimum absolute atomic E-state index is 0.0723. The summed E-state index contributed by atoms with van der Waals surface area (Å²) >= 11 is 3.48. The van der Waals surface area contributed by atoms with Gasteiger partial charge in [0.2, 0.25) is 0 Å². The summed E-state index contributed by atoms with van der Waals surface area (Å²) < 4.78 is 17.4. The molecule has 0 amide bonds. The molecule has 1 unspecified atom stereocenters. The first kappa shape index (κ1) is 15.9. The van der Waals surface area contributed by atoms with E-state index in [2.05, 4.69) is 28.2 Å². The molecule has 4 nitrogen and oxygen atoms in total. The number of halogens is 1. The molecule has 0 aliphatic rings. The van der Waals surface area contributed by atoms with Gasteiger partial charge in [0, 0.05) is 5.56 Å². The first-order chi connectivity index (χ1) is 10.2. The first-order valence-corrected chi connectivity index (χ1v) is 7.68. The highest BCUT2D eigenvalue weighted by Gasteiger charge is 2.22. The van der Waals surface area contributed by atoms with Crippen LogP contribution in [0.3, 0.4) is 0 Å². The highest BCUT2D eigenvalue weighted by Crippen LogP contribution is 2.38. The van der Waals surface area contributed by atoms with Crippen LogP contribution < -0.4 is 14.8 Å². The predicted molar refractivity (Wildman–Crippen MR) is 86.1 cm³/mol. The van der Waals surface area contributed by atoms with E-state index >= 15 is 0 Å². The van der Waals surface area contributed by atoms with Crippen molar-refractivity contribution in [1.82, 2.24) is 5.32 Å². The Morgan fingerprint density at radius 3 is 2.57 bits per heavy atom. The molecule has 21 heavy (non-hydrogen) atoms. The predicted octanol–water partition coefficient (Wildman–Crippen LogP) is 4.15. The molecule has 5 heteroatoms. The minimum atomic E-state index is -0.0723. The second-order valence-electron chi connectivity index (χ2n) is 4.63. The maximum Gasteiger partial charge on any atom is 0.133 e. The molecule has 1 aromatic carbocycles. The standard InChI is InChI=1S/C16H20BrNO3/c1-4-7-18-16(13-6-5-8-21-13)11-9-15(20-3)12(17)10-14(11)19-2/h5-6,8-10,16,18H,4,7H2,1-3H3. The van der Waals surface area contributed by atoms with Crippen LogP contribution in [0.1, 0.15) is 30.7 Å². The van der Waals surface area contributed by atoms with Gasteiger partial charge in [-0.15, -0.1) is 0 Å². The number of methoxy groups -OCH3 is 2. The zero-order valence-electron chi connectivity index (χ0n) is 12.5. The van der Waals surface area contributed by atoms with E-state index in [0.29, 0.717) is 0 Å². The maximum atomic E-state index is 5.58. The molecular formula is C16H20BrNO3. The maximum absolute atomic E-state index is 5.58. The largest absolute Gasteiger partial charge is 0.496 e. The van der Waals surface area contributed by atoms with Gasteiger partial charge >= 0.3 is 0 Å². The molecule has 0 aliphatic heterocycles. The minimum Gasteiger partial charge on any atom is -0.496 e. The van der Waals surface area contributed by atoms with Crippen LogP contribution in [-0.2, 0) is 0 Å². The van der Waals surface area contributed by atoms with Gasteiger partial charge < -0.3 is 19.2 Å². The fourth-order valence-electron chi connectivity index (χ4n) is 2.22. The number of furan rings is 1. The molecule has 0 spiro atoms. The van der Waals surface area contributed by atoms with Crippen LogP contribution in [0.2, 0.25) is 0 Å². The van der Waals surface area contributed by atoms with E-state index in [-0.39, 0.29) is 6.04 Å². The monoisotopic (exact) mass is 353 g/mol. The highest BCUT2D eigenvalue weighted by molar-refractivity contribution is 9.10. The van der Waals surface area contributed by atoms with E-state index in [1.165, 1.54) is 0 Å². The van der Waals surface area contributed by atoms with Gasteiger partial charge in [0.25, 0.3) is 0 Å². The Labute approximate surface area is 133 Å². The Kier molecular flexibility index (Phi) is 5.70. The smallest absolute Gasteiger partial charge is 0.133 e. The Balaban J connectivity index is 2.47.